The Morgan fingerprint density at radius 2 is 1.95 bits per heavy atom. The summed E-state index contributed by atoms with van der Waals surface area (Å²) in [5.74, 6) is -5.74. The highest BCUT2D eigenvalue weighted by atomic mass is 19.2. The van der Waals surface area contributed by atoms with E-state index in [2.05, 4.69) is 0 Å². The smallest absolute Gasteiger partial charge is 0.324 e. The summed E-state index contributed by atoms with van der Waals surface area (Å²) in [6, 6.07) is 3.29. The Morgan fingerprint density at radius 1 is 1.29 bits per heavy atom. The van der Waals surface area contributed by atoms with E-state index in [1.54, 1.807) is 0 Å². The van der Waals surface area contributed by atoms with Gasteiger partial charge in [0.15, 0.2) is 11.6 Å². The zero-order valence-corrected chi connectivity index (χ0v) is 11.1. The normalized spacial score (nSPS) is 23.4. The number of carboxylic acid groups (broad SMARTS) is 2. The third kappa shape index (κ3) is 3.02. The summed E-state index contributed by atoms with van der Waals surface area (Å²) < 4.78 is 25.9. The average molecular weight is 299 g/mol. The molecular formula is C14H15F2NO4. The quantitative estimate of drug-likeness (QED) is 0.737. The van der Waals surface area contributed by atoms with E-state index in [1.807, 2.05) is 0 Å². The maximum atomic E-state index is 13.1. The number of benzene rings is 1. The lowest BCUT2D eigenvalue weighted by atomic mass is 9.86. The molecule has 7 heteroatoms. The van der Waals surface area contributed by atoms with E-state index in [1.165, 1.54) is 6.07 Å². The van der Waals surface area contributed by atoms with Gasteiger partial charge in [-0.25, -0.2) is 8.78 Å². The first-order chi connectivity index (χ1) is 9.75. The maximum Gasteiger partial charge on any atom is 0.324 e. The van der Waals surface area contributed by atoms with Crippen LogP contribution in [0.4, 0.5) is 8.78 Å². The predicted molar refractivity (Wildman–Crippen MR) is 68.5 cm³/mol. The number of hydrogen-bond acceptors (Lipinski definition) is 3. The summed E-state index contributed by atoms with van der Waals surface area (Å²) in [6.07, 6.45) is 0.306. The van der Waals surface area contributed by atoms with Gasteiger partial charge in [0.25, 0.3) is 0 Å². The Bertz CT molecular complexity index is 592. The molecule has 1 aliphatic carbocycles. The highest BCUT2D eigenvalue weighted by Crippen LogP contribution is 2.47. The van der Waals surface area contributed by atoms with E-state index in [-0.39, 0.29) is 19.3 Å². The third-order valence-corrected chi connectivity index (χ3v) is 3.98. The standard InChI is InChI=1S/C14H15F2NO4/c15-10-2-1-7(5-11(10)16)3-4-14(17,13(20)21)9-6-8(9)12(18)19/h1-2,5,8-9H,3-4,6,17H2,(H,18,19)(H,20,21). The maximum absolute atomic E-state index is 13.1. The second kappa shape index (κ2) is 5.40. The summed E-state index contributed by atoms with van der Waals surface area (Å²) in [5.41, 5.74) is 4.60. The Hall–Kier alpha value is -2.02. The van der Waals surface area contributed by atoms with E-state index in [0.717, 1.165) is 12.1 Å². The topological polar surface area (TPSA) is 101 Å². The molecule has 0 bridgehead atoms. The van der Waals surface area contributed by atoms with Crippen molar-refractivity contribution in [3.8, 4) is 0 Å². The summed E-state index contributed by atoms with van der Waals surface area (Å²) in [4.78, 5) is 22.2. The zero-order chi connectivity index (χ0) is 15.8. The largest absolute Gasteiger partial charge is 0.481 e. The predicted octanol–water partition coefficient (Wildman–Crippen LogP) is 1.40. The fraction of sp³-hybridized carbons (Fsp3) is 0.429. The number of rotatable bonds is 6. The second-order valence-corrected chi connectivity index (χ2v) is 5.38. The van der Waals surface area contributed by atoms with Gasteiger partial charge in [0.1, 0.15) is 5.54 Å². The molecule has 114 valence electrons. The van der Waals surface area contributed by atoms with Gasteiger partial charge in [0.05, 0.1) is 5.92 Å². The molecule has 0 amide bonds. The molecule has 21 heavy (non-hydrogen) atoms. The van der Waals surface area contributed by atoms with Gasteiger partial charge in [0.2, 0.25) is 0 Å². The number of nitrogens with two attached hydrogens (primary N) is 1. The summed E-state index contributed by atoms with van der Waals surface area (Å²) >= 11 is 0. The van der Waals surface area contributed by atoms with Gasteiger partial charge in [-0.15, -0.1) is 0 Å². The van der Waals surface area contributed by atoms with E-state index in [4.69, 9.17) is 10.8 Å². The molecule has 0 aliphatic heterocycles. The first-order valence-electron chi connectivity index (χ1n) is 6.44. The van der Waals surface area contributed by atoms with E-state index in [0.29, 0.717) is 5.56 Å². The van der Waals surface area contributed by atoms with E-state index < -0.39 is 40.9 Å². The molecule has 1 aromatic carbocycles. The van der Waals surface area contributed by atoms with Crippen LogP contribution < -0.4 is 5.73 Å². The van der Waals surface area contributed by atoms with Crippen molar-refractivity contribution in [1.82, 2.24) is 0 Å². The van der Waals surface area contributed by atoms with Crippen LogP contribution in [0.15, 0.2) is 18.2 Å². The number of hydrogen-bond donors (Lipinski definition) is 3. The Kier molecular flexibility index (Phi) is 3.95. The van der Waals surface area contributed by atoms with Crippen LogP contribution in [0.3, 0.4) is 0 Å². The van der Waals surface area contributed by atoms with Gasteiger partial charge in [-0.2, -0.15) is 0 Å². The molecule has 1 saturated carbocycles. The van der Waals surface area contributed by atoms with Crippen LogP contribution in [0, 0.1) is 23.5 Å². The minimum absolute atomic E-state index is 0.0398. The molecule has 3 atom stereocenters. The summed E-state index contributed by atoms with van der Waals surface area (Å²) in [7, 11) is 0. The van der Waals surface area contributed by atoms with E-state index in [9.17, 15) is 23.5 Å². The first kappa shape index (κ1) is 15.4. The lowest BCUT2D eigenvalue weighted by Gasteiger charge is -2.25. The van der Waals surface area contributed by atoms with Crippen LogP contribution in [-0.2, 0) is 16.0 Å². The number of carbonyl (C=O) groups is 2. The SMILES string of the molecule is NC(CCc1ccc(F)c(F)c1)(C(=O)O)C1CC1C(=O)O. The lowest BCUT2D eigenvalue weighted by molar-refractivity contribution is -0.145. The van der Waals surface area contributed by atoms with Crippen LogP contribution in [0.2, 0.25) is 0 Å². The van der Waals surface area contributed by atoms with Gasteiger partial charge in [0, 0.05) is 5.92 Å². The van der Waals surface area contributed by atoms with Crippen molar-refractivity contribution in [3.63, 3.8) is 0 Å². The van der Waals surface area contributed by atoms with Crippen molar-refractivity contribution in [3.05, 3.63) is 35.4 Å². The third-order valence-electron chi connectivity index (χ3n) is 3.98. The Morgan fingerprint density at radius 3 is 2.43 bits per heavy atom. The number of halogens is 2. The van der Waals surface area contributed by atoms with Crippen LogP contribution in [0.5, 0.6) is 0 Å². The van der Waals surface area contributed by atoms with Crippen LogP contribution in [0.1, 0.15) is 18.4 Å². The molecule has 4 N–H and O–H groups in total. The minimum atomic E-state index is -1.67. The van der Waals surface area contributed by atoms with Gasteiger partial charge in [-0.3, -0.25) is 9.59 Å². The Balaban J connectivity index is 2.09. The molecule has 5 nitrogen and oxygen atoms in total. The number of aliphatic carboxylic acids is 2. The molecule has 0 heterocycles. The van der Waals surface area contributed by atoms with Crippen molar-refractivity contribution in [2.45, 2.75) is 24.8 Å². The number of carboxylic acids is 2. The van der Waals surface area contributed by atoms with Gasteiger partial charge < -0.3 is 15.9 Å². The van der Waals surface area contributed by atoms with Gasteiger partial charge in [-0.05, 0) is 37.0 Å². The van der Waals surface area contributed by atoms with Gasteiger partial charge in [-0.1, -0.05) is 6.07 Å². The van der Waals surface area contributed by atoms with Gasteiger partial charge >= 0.3 is 11.9 Å². The van der Waals surface area contributed by atoms with Crippen molar-refractivity contribution in [1.29, 1.82) is 0 Å². The number of aryl methyl sites for hydroxylation is 1. The summed E-state index contributed by atoms with van der Waals surface area (Å²) in [5, 5.41) is 18.1. The molecule has 0 aromatic heterocycles. The first-order valence-corrected chi connectivity index (χ1v) is 6.44. The second-order valence-electron chi connectivity index (χ2n) is 5.38. The minimum Gasteiger partial charge on any atom is -0.481 e. The molecule has 0 saturated heterocycles. The fourth-order valence-electron chi connectivity index (χ4n) is 2.53. The highest BCUT2D eigenvalue weighted by Gasteiger charge is 2.57. The molecule has 1 aliphatic rings. The monoisotopic (exact) mass is 299 g/mol. The van der Waals surface area contributed by atoms with Crippen molar-refractivity contribution >= 4 is 11.9 Å². The van der Waals surface area contributed by atoms with Crippen LogP contribution in [0.25, 0.3) is 0 Å². The van der Waals surface area contributed by atoms with Crippen molar-refractivity contribution in [2.24, 2.45) is 17.6 Å². The highest BCUT2D eigenvalue weighted by molar-refractivity contribution is 5.83. The lowest BCUT2D eigenvalue weighted by Crippen LogP contribution is -2.51. The molecule has 2 rings (SSSR count). The molecule has 0 radical (unpaired) electrons. The fourth-order valence-corrected chi connectivity index (χ4v) is 2.53. The molecule has 0 spiro atoms. The van der Waals surface area contributed by atoms with Crippen molar-refractivity contribution in [2.75, 3.05) is 0 Å². The summed E-state index contributed by atoms with van der Waals surface area (Å²) in [6.45, 7) is 0. The van der Waals surface area contributed by atoms with Crippen LogP contribution >= 0.6 is 0 Å². The molecule has 3 unspecified atom stereocenters. The molecular weight excluding hydrogens is 284 g/mol. The zero-order valence-electron chi connectivity index (χ0n) is 11.1. The van der Waals surface area contributed by atoms with E-state index >= 15 is 0 Å². The van der Waals surface area contributed by atoms with Crippen molar-refractivity contribution < 1.29 is 28.6 Å². The molecule has 1 fully saturated rings. The average Bonchev–Trinajstić information content (AvgIpc) is 3.20. The molecule has 1 aromatic rings. The Labute approximate surface area is 119 Å². The van der Waals surface area contributed by atoms with Crippen LogP contribution in [-0.4, -0.2) is 27.7 Å².